The Hall–Kier alpha value is -3.37. The van der Waals surface area contributed by atoms with Gasteiger partial charge in [-0.05, 0) is 30.2 Å². The number of anilines is 1. The molecule has 3 N–H and O–H groups in total. The summed E-state index contributed by atoms with van der Waals surface area (Å²) in [6, 6.07) is 8.63. The van der Waals surface area contributed by atoms with E-state index in [-0.39, 0.29) is 25.4 Å². The molecule has 11 heteroatoms. The van der Waals surface area contributed by atoms with E-state index < -0.39 is 23.3 Å². The molecule has 2 aromatic rings. The lowest BCUT2D eigenvalue weighted by atomic mass is 9.74. The van der Waals surface area contributed by atoms with Crippen molar-refractivity contribution in [2.75, 3.05) is 25.1 Å². The monoisotopic (exact) mass is 412 g/mol. The first-order valence-corrected chi connectivity index (χ1v) is 8.31. The van der Waals surface area contributed by atoms with Crippen LogP contribution in [0.5, 0.6) is 5.75 Å². The molecule has 0 radical (unpaired) electrons. The first-order valence-electron chi connectivity index (χ1n) is 8.31. The average molecular weight is 412 g/mol. The molecule has 1 aromatic carbocycles. The summed E-state index contributed by atoms with van der Waals surface area (Å²) in [5.74, 6) is -0.931. The summed E-state index contributed by atoms with van der Waals surface area (Å²) >= 11 is 0. The maximum atomic E-state index is 12.8. The number of hydrogen-bond donors (Lipinski definition) is 2. The molecule has 1 saturated heterocycles. The Kier molecular flexibility index (Phi) is 6.62. The predicted molar refractivity (Wildman–Crippen MR) is 96.3 cm³/mol. The van der Waals surface area contributed by atoms with Crippen molar-refractivity contribution in [1.82, 2.24) is 9.97 Å². The van der Waals surface area contributed by atoms with Gasteiger partial charge in [0.15, 0.2) is 0 Å². The fourth-order valence-electron chi connectivity index (χ4n) is 3.04. The molecular weight excluding hydrogens is 393 g/mol. The van der Waals surface area contributed by atoms with E-state index in [0.29, 0.717) is 12.2 Å². The van der Waals surface area contributed by atoms with Gasteiger partial charge in [-0.2, -0.15) is 13.2 Å². The fraction of sp³-hybridized carbons (Fsp3) is 0.333. The number of methoxy groups -OCH3 is 1. The Labute approximate surface area is 164 Å². The topological polar surface area (TPSA) is 119 Å². The van der Waals surface area contributed by atoms with Gasteiger partial charge in [-0.3, -0.25) is 9.59 Å². The Morgan fingerprint density at radius 2 is 2.03 bits per heavy atom. The third-order valence-corrected chi connectivity index (χ3v) is 4.40. The molecule has 3 rings (SSSR count). The number of primary amides is 1. The minimum absolute atomic E-state index is 0.120. The molecule has 156 valence electrons. The van der Waals surface area contributed by atoms with Crippen LogP contribution >= 0.6 is 0 Å². The third-order valence-electron chi connectivity index (χ3n) is 4.40. The summed E-state index contributed by atoms with van der Waals surface area (Å²) in [7, 11) is 1.54. The maximum absolute atomic E-state index is 12.8. The van der Waals surface area contributed by atoms with Gasteiger partial charge in [0.25, 0.3) is 6.47 Å². The fourth-order valence-corrected chi connectivity index (χ4v) is 3.04. The molecule has 8 nitrogen and oxygen atoms in total. The molecular formula is C18H19F3N4O4. The second kappa shape index (κ2) is 8.76. The van der Waals surface area contributed by atoms with Gasteiger partial charge in [0.2, 0.25) is 11.7 Å². The number of rotatable bonds is 5. The van der Waals surface area contributed by atoms with E-state index in [1.807, 2.05) is 6.07 Å². The van der Waals surface area contributed by atoms with Crippen LogP contribution in [0.2, 0.25) is 0 Å². The highest BCUT2D eigenvalue weighted by atomic mass is 19.4. The van der Waals surface area contributed by atoms with Gasteiger partial charge in [-0.25, -0.2) is 9.97 Å². The van der Waals surface area contributed by atoms with Crippen LogP contribution in [-0.2, 0) is 22.2 Å². The van der Waals surface area contributed by atoms with E-state index in [1.165, 1.54) is 6.07 Å². The summed E-state index contributed by atoms with van der Waals surface area (Å²) in [6.45, 7) is 0.127. The number of carbonyl (C=O) groups excluding carboxylic acids is 1. The minimum Gasteiger partial charge on any atom is -0.497 e. The van der Waals surface area contributed by atoms with Crippen LogP contribution in [0.1, 0.15) is 11.4 Å². The summed E-state index contributed by atoms with van der Waals surface area (Å²) < 4.78 is 43.5. The number of ether oxygens (including phenoxy) is 1. The van der Waals surface area contributed by atoms with Gasteiger partial charge < -0.3 is 20.5 Å². The quantitative estimate of drug-likeness (QED) is 0.718. The van der Waals surface area contributed by atoms with E-state index in [1.54, 1.807) is 30.2 Å². The Morgan fingerprint density at radius 1 is 1.38 bits per heavy atom. The number of alkyl halides is 3. The van der Waals surface area contributed by atoms with Gasteiger partial charge in [-0.15, -0.1) is 0 Å². The van der Waals surface area contributed by atoms with Crippen molar-refractivity contribution in [2.24, 2.45) is 11.1 Å². The molecule has 1 amide bonds. The SMILES string of the molecule is COc1cccc(CC2(C(N)=O)CN(c3ccnc(C(F)(F)F)n3)C2)c1.O=CO. The number of halogens is 3. The predicted octanol–water partition coefficient (Wildman–Crippen LogP) is 1.74. The van der Waals surface area contributed by atoms with E-state index in [4.69, 9.17) is 20.4 Å². The van der Waals surface area contributed by atoms with Gasteiger partial charge >= 0.3 is 6.18 Å². The van der Waals surface area contributed by atoms with E-state index >= 15 is 0 Å². The summed E-state index contributed by atoms with van der Waals surface area (Å²) in [5, 5.41) is 6.89. The molecule has 0 saturated carbocycles. The minimum atomic E-state index is -4.62. The molecule has 0 spiro atoms. The van der Waals surface area contributed by atoms with Crippen LogP contribution < -0.4 is 15.4 Å². The van der Waals surface area contributed by atoms with E-state index in [9.17, 15) is 18.0 Å². The highest BCUT2D eigenvalue weighted by Gasteiger charge is 2.49. The second-order valence-corrected chi connectivity index (χ2v) is 6.37. The lowest BCUT2D eigenvalue weighted by Gasteiger charge is -2.48. The Balaban J connectivity index is 0.000000941. The van der Waals surface area contributed by atoms with Crippen LogP contribution in [0.4, 0.5) is 19.0 Å². The molecule has 2 heterocycles. The standard InChI is InChI=1S/C17H17F3N4O2.CH2O2/c1-26-12-4-2-3-11(7-12)8-16(14(21)25)9-24(10-16)13-5-6-22-15(23-13)17(18,19)20;2-1-3/h2-7H,8-10H2,1H3,(H2,21,25);1H,(H,2,3). The number of carboxylic acid groups (broad SMARTS) is 1. The number of hydrogen-bond acceptors (Lipinski definition) is 6. The molecule has 1 aliphatic rings. The van der Waals surface area contributed by atoms with Gasteiger partial charge in [-0.1, -0.05) is 12.1 Å². The zero-order chi connectivity index (χ0) is 21.7. The molecule has 1 aliphatic heterocycles. The van der Waals surface area contributed by atoms with Gasteiger partial charge in [0.05, 0.1) is 12.5 Å². The number of aromatic nitrogens is 2. The first-order chi connectivity index (χ1) is 13.6. The Bertz CT molecular complexity index is 870. The van der Waals surface area contributed by atoms with Crippen molar-refractivity contribution < 1.29 is 32.6 Å². The van der Waals surface area contributed by atoms with Crippen molar-refractivity contribution in [2.45, 2.75) is 12.6 Å². The van der Waals surface area contributed by atoms with Crippen molar-refractivity contribution in [3.05, 3.63) is 47.9 Å². The molecule has 0 bridgehead atoms. The molecule has 1 fully saturated rings. The Morgan fingerprint density at radius 3 is 2.59 bits per heavy atom. The number of carbonyl (C=O) groups is 2. The molecule has 1 aromatic heterocycles. The summed E-state index contributed by atoms with van der Waals surface area (Å²) in [4.78, 5) is 28.7. The van der Waals surface area contributed by atoms with Crippen molar-refractivity contribution in [3.63, 3.8) is 0 Å². The van der Waals surface area contributed by atoms with E-state index in [2.05, 4.69) is 9.97 Å². The largest absolute Gasteiger partial charge is 0.497 e. The summed E-state index contributed by atoms with van der Waals surface area (Å²) in [6.07, 6.45) is -3.20. The van der Waals surface area contributed by atoms with Gasteiger partial charge in [0, 0.05) is 19.3 Å². The highest BCUT2D eigenvalue weighted by molar-refractivity contribution is 5.85. The number of amides is 1. The van der Waals surface area contributed by atoms with Crippen LogP contribution in [0.25, 0.3) is 0 Å². The van der Waals surface area contributed by atoms with Crippen LogP contribution in [-0.4, -0.2) is 47.7 Å². The smallest absolute Gasteiger partial charge is 0.451 e. The number of benzene rings is 1. The second-order valence-electron chi connectivity index (χ2n) is 6.37. The van der Waals surface area contributed by atoms with Crippen molar-refractivity contribution >= 4 is 18.2 Å². The average Bonchev–Trinajstić information content (AvgIpc) is 2.64. The maximum Gasteiger partial charge on any atom is 0.451 e. The van der Waals surface area contributed by atoms with Gasteiger partial charge in [0.1, 0.15) is 11.6 Å². The molecule has 0 aliphatic carbocycles. The zero-order valence-corrected chi connectivity index (χ0v) is 15.4. The van der Waals surface area contributed by atoms with Crippen molar-refractivity contribution in [1.29, 1.82) is 0 Å². The van der Waals surface area contributed by atoms with Crippen LogP contribution in [0.3, 0.4) is 0 Å². The highest BCUT2D eigenvalue weighted by Crippen LogP contribution is 2.38. The van der Waals surface area contributed by atoms with E-state index in [0.717, 1.165) is 11.8 Å². The van der Waals surface area contributed by atoms with Crippen LogP contribution in [0, 0.1) is 5.41 Å². The molecule has 0 atom stereocenters. The summed E-state index contributed by atoms with van der Waals surface area (Å²) in [5.41, 5.74) is 5.58. The number of nitrogens with zero attached hydrogens (tertiary/aromatic N) is 3. The number of nitrogens with two attached hydrogens (primary N) is 1. The third kappa shape index (κ3) is 5.12. The molecule has 0 unspecified atom stereocenters. The zero-order valence-electron chi connectivity index (χ0n) is 15.4. The first kappa shape index (κ1) is 21.9. The lowest BCUT2D eigenvalue weighted by Crippen LogP contribution is -2.64. The molecule has 29 heavy (non-hydrogen) atoms. The normalized spacial score (nSPS) is 14.8. The van der Waals surface area contributed by atoms with Crippen LogP contribution in [0.15, 0.2) is 36.5 Å². The van der Waals surface area contributed by atoms with Crippen molar-refractivity contribution in [3.8, 4) is 5.75 Å². The lowest BCUT2D eigenvalue weighted by molar-refractivity contribution is -0.145.